The number of carbonyl (C=O) groups is 3. The van der Waals surface area contributed by atoms with Gasteiger partial charge in [-0.15, -0.1) is 0 Å². The van der Waals surface area contributed by atoms with Gasteiger partial charge in [0.15, 0.2) is 5.82 Å². The summed E-state index contributed by atoms with van der Waals surface area (Å²) in [6.45, 7) is 5.71. The average Bonchev–Trinajstić information content (AvgIpc) is 3.58. The first-order chi connectivity index (χ1) is 27.2. The predicted octanol–water partition coefficient (Wildman–Crippen LogP) is 4.24. The van der Waals surface area contributed by atoms with Crippen molar-refractivity contribution in [2.75, 3.05) is 94.6 Å². The zero-order chi connectivity index (χ0) is 39.3. The molecule has 0 aliphatic carbocycles. The quantitative estimate of drug-likeness (QED) is 0.101. The third-order valence-corrected chi connectivity index (χ3v) is 9.71. The van der Waals surface area contributed by atoms with Crippen molar-refractivity contribution < 1.29 is 42.1 Å². The molecule has 0 spiro atoms. The number of primary amides is 1. The Kier molecular flexibility index (Phi) is 14.6. The van der Waals surface area contributed by atoms with Gasteiger partial charge in [-0.2, -0.15) is 5.10 Å². The van der Waals surface area contributed by atoms with Gasteiger partial charge < -0.3 is 45.1 Å². The van der Waals surface area contributed by atoms with Gasteiger partial charge in [0.05, 0.1) is 57.1 Å². The molecule has 56 heavy (non-hydrogen) atoms. The summed E-state index contributed by atoms with van der Waals surface area (Å²) in [5.41, 5.74) is 9.16. The van der Waals surface area contributed by atoms with Gasteiger partial charge in [0, 0.05) is 74.7 Å². The van der Waals surface area contributed by atoms with Gasteiger partial charge in [-0.3, -0.25) is 19.5 Å². The summed E-state index contributed by atoms with van der Waals surface area (Å²) >= 11 is 0. The first kappa shape index (κ1) is 40.5. The Morgan fingerprint density at radius 3 is 2.20 bits per heavy atom. The van der Waals surface area contributed by atoms with Crippen LogP contribution in [0, 0.1) is 11.6 Å². The lowest BCUT2D eigenvalue weighted by Crippen LogP contribution is -2.49. The molecule has 2 fully saturated rings. The molecule has 0 bridgehead atoms. The van der Waals surface area contributed by atoms with E-state index in [0.717, 1.165) is 30.2 Å². The first-order valence-electron chi connectivity index (χ1n) is 19.0. The number of anilines is 3. The van der Waals surface area contributed by atoms with E-state index in [2.05, 4.69) is 25.7 Å². The highest BCUT2D eigenvalue weighted by Gasteiger charge is 2.24. The number of nitrogens with zero attached hydrogens (tertiary/aromatic N) is 3. The van der Waals surface area contributed by atoms with E-state index in [9.17, 15) is 23.2 Å². The molecular weight excluding hydrogens is 728 g/mol. The van der Waals surface area contributed by atoms with E-state index in [0.29, 0.717) is 112 Å². The van der Waals surface area contributed by atoms with Crippen LogP contribution in [0.25, 0.3) is 10.9 Å². The van der Waals surface area contributed by atoms with Crippen molar-refractivity contribution in [3.05, 3.63) is 82.9 Å². The number of piperazine rings is 1. The lowest BCUT2D eigenvalue weighted by Gasteiger charge is -2.36. The maximum atomic E-state index is 13.9. The molecule has 3 aromatic carbocycles. The second kappa shape index (κ2) is 20.1. The average molecular weight is 778 g/mol. The van der Waals surface area contributed by atoms with Gasteiger partial charge in [0.1, 0.15) is 11.6 Å². The van der Waals surface area contributed by atoms with E-state index in [1.807, 2.05) is 35.2 Å². The molecule has 5 N–H and O–H groups in total. The number of benzene rings is 3. The second-order valence-electron chi connectivity index (χ2n) is 13.8. The molecule has 0 atom stereocenters. The lowest BCUT2D eigenvalue weighted by molar-refractivity contribution is -0.132. The highest BCUT2D eigenvalue weighted by molar-refractivity contribution is 6.11. The van der Waals surface area contributed by atoms with Crippen LogP contribution >= 0.6 is 0 Å². The molecule has 14 nitrogen and oxygen atoms in total. The fraction of sp³-hybridized carbons (Fsp3) is 0.450. The number of aromatic nitrogens is 2. The van der Waals surface area contributed by atoms with Crippen LogP contribution in [0.1, 0.15) is 47.2 Å². The number of halogens is 2. The van der Waals surface area contributed by atoms with Gasteiger partial charge in [-0.25, -0.2) is 8.78 Å². The molecule has 6 rings (SSSR count). The van der Waals surface area contributed by atoms with E-state index in [4.69, 9.17) is 24.7 Å². The normalized spacial score (nSPS) is 15.0. The Labute approximate surface area is 324 Å². The third-order valence-electron chi connectivity index (χ3n) is 9.71. The summed E-state index contributed by atoms with van der Waals surface area (Å²) < 4.78 is 49.5. The molecule has 2 aliphatic heterocycles. The highest BCUT2D eigenvalue weighted by Crippen LogP contribution is 2.29. The van der Waals surface area contributed by atoms with Crippen LogP contribution < -0.4 is 21.3 Å². The Morgan fingerprint density at radius 2 is 1.50 bits per heavy atom. The zero-order valence-corrected chi connectivity index (χ0v) is 31.3. The molecule has 300 valence electrons. The van der Waals surface area contributed by atoms with Gasteiger partial charge in [0.25, 0.3) is 5.91 Å². The molecular formula is C40H49F2N7O7. The molecule has 16 heteroatoms. The van der Waals surface area contributed by atoms with E-state index < -0.39 is 17.5 Å². The van der Waals surface area contributed by atoms with Crippen LogP contribution in [0.5, 0.6) is 0 Å². The molecule has 2 saturated heterocycles. The molecule has 0 radical (unpaired) electrons. The fourth-order valence-corrected chi connectivity index (χ4v) is 6.74. The minimum atomic E-state index is -0.637. The minimum Gasteiger partial charge on any atom is -0.381 e. The van der Waals surface area contributed by atoms with E-state index in [1.54, 1.807) is 6.07 Å². The molecule has 1 aromatic heterocycles. The summed E-state index contributed by atoms with van der Waals surface area (Å²) in [6, 6.07) is 14.8. The smallest absolute Gasteiger partial charge is 0.258 e. The summed E-state index contributed by atoms with van der Waals surface area (Å²) in [5.74, 6) is -1.64. The molecule has 3 heterocycles. The first-order valence-corrected chi connectivity index (χ1v) is 19.0. The van der Waals surface area contributed by atoms with Crippen LogP contribution in [-0.2, 0) is 35.0 Å². The monoisotopic (exact) mass is 777 g/mol. The van der Waals surface area contributed by atoms with Crippen molar-refractivity contribution in [3.8, 4) is 0 Å². The molecule has 3 amide bonds. The highest BCUT2D eigenvalue weighted by atomic mass is 19.1. The fourth-order valence-electron chi connectivity index (χ4n) is 6.74. The topological polar surface area (TPSA) is 173 Å². The number of ether oxygens (including phenoxy) is 4. The van der Waals surface area contributed by atoms with Gasteiger partial charge >= 0.3 is 0 Å². The van der Waals surface area contributed by atoms with Crippen molar-refractivity contribution in [1.29, 1.82) is 0 Å². The minimum absolute atomic E-state index is 0.0307. The predicted molar refractivity (Wildman–Crippen MR) is 207 cm³/mol. The number of rotatable bonds is 19. The van der Waals surface area contributed by atoms with Crippen molar-refractivity contribution in [2.24, 2.45) is 5.73 Å². The third kappa shape index (κ3) is 11.7. The van der Waals surface area contributed by atoms with Crippen LogP contribution in [0.4, 0.5) is 26.0 Å². The zero-order valence-electron chi connectivity index (χ0n) is 31.3. The summed E-state index contributed by atoms with van der Waals surface area (Å²) in [7, 11) is 0. The van der Waals surface area contributed by atoms with Crippen LogP contribution in [0.3, 0.4) is 0 Å². The molecule has 4 aromatic rings. The summed E-state index contributed by atoms with van der Waals surface area (Å²) in [5, 5.41) is 14.6. The largest absolute Gasteiger partial charge is 0.381 e. The number of hydrogen-bond donors (Lipinski definition) is 4. The molecule has 0 saturated carbocycles. The van der Waals surface area contributed by atoms with Gasteiger partial charge in [-0.05, 0) is 72.9 Å². The SMILES string of the molecule is NC(=O)CCOCCOCCOCCC(=O)N1CCN(c2ccc(C(=O)Nc3n[nH]c4ccc(Cc5cc(F)cc(F)c5)cc34)c(NC3CCOCC3)c2)CC1. The number of carbonyl (C=O) groups excluding carboxylic acids is 3. The standard InChI is InChI=1S/C40H49F2N7O7/c41-29-22-28(23-30(42)25-29)21-27-1-4-35-34(24-27)39(47-46-35)45-40(52)33-3-2-32(26-36(33)44-31-5-13-53-14-6-31)48-9-11-49(12-10-48)38(51)8-16-55-18-20-56-19-17-54-15-7-37(43)50/h1-4,22-26,31,44H,5-21H2,(H2,43,50)(H2,45,46,47,52). The Balaban J connectivity index is 1.03. The van der Waals surface area contributed by atoms with Crippen molar-refractivity contribution in [3.63, 3.8) is 0 Å². The number of nitrogens with one attached hydrogen (secondary N) is 3. The summed E-state index contributed by atoms with van der Waals surface area (Å²) in [4.78, 5) is 41.6. The van der Waals surface area contributed by atoms with Crippen LogP contribution in [-0.4, -0.2) is 118 Å². The van der Waals surface area contributed by atoms with E-state index in [-0.39, 0.29) is 37.3 Å². The number of aromatic amines is 1. The maximum absolute atomic E-state index is 13.9. The number of hydrogen-bond acceptors (Lipinski definition) is 10. The van der Waals surface area contributed by atoms with E-state index >= 15 is 0 Å². The summed E-state index contributed by atoms with van der Waals surface area (Å²) in [6.07, 6.45) is 2.37. The van der Waals surface area contributed by atoms with Gasteiger partial charge in [0.2, 0.25) is 11.8 Å². The van der Waals surface area contributed by atoms with E-state index in [1.165, 1.54) is 12.1 Å². The van der Waals surface area contributed by atoms with Crippen molar-refractivity contribution >= 4 is 45.8 Å². The number of nitrogens with two attached hydrogens (primary N) is 1. The molecule has 0 unspecified atom stereocenters. The van der Waals surface area contributed by atoms with Crippen LogP contribution in [0.15, 0.2) is 54.6 Å². The van der Waals surface area contributed by atoms with Gasteiger partial charge in [-0.1, -0.05) is 6.07 Å². The lowest BCUT2D eigenvalue weighted by atomic mass is 10.0. The Bertz CT molecular complexity index is 1930. The number of H-pyrrole nitrogens is 1. The molecule has 2 aliphatic rings. The van der Waals surface area contributed by atoms with Crippen LogP contribution in [0.2, 0.25) is 0 Å². The number of fused-ring (bicyclic) bond motifs is 1. The maximum Gasteiger partial charge on any atom is 0.258 e. The number of amides is 3. The Hall–Kier alpha value is -5.16. The van der Waals surface area contributed by atoms with Crippen molar-refractivity contribution in [2.45, 2.75) is 38.1 Å². The Morgan fingerprint density at radius 1 is 0.821 bits per heavy atom. The van der Waals surface area contributed by atoms with Crippen molar-refractivity contribution in [1.82, 2.24) is 15.1 Å². The second-order valence-corrected chi connectivity index (χ2v) is 13.8.